The molecule has 0 unspecified atom stereocenters. The van der Waals surface area contributed by atoms with Crippen molar-refractivity contribution in [1.29, 1.82) is 0 Å². The number of nitrogens with zero attached hydrogens (tertiary/aromatic N) is 5. The van der Waals surface area contributed by atoms with Gasteiger partial charge in [0.15, 0.2) is 0 Å². The summed E-state index contributed by atoms with van der Waals surface area (Å²) in [6, 6.07) is 20.6. The molecule has 22 heavy (non-hydrogen) atoms. The van der Waals surface area contributed by atoms with E-state index in [1.165, 1.54) is 0 Å². The summed E-state index contributed by atoms with van der Waals surface area (Å²) >= 11 is 0. The maximum Gasteiger partial charge on any atom is 0.250 e. The second-order valence-corrected chi connectivity index (χ2v) is 5.26. The minimum atomic E-state index is -0.00222. The summed E-state index contributed by atoms with van der Waals surface area (Å²) in [5.41, 5.74) is 3.43. The number of anilines is 1. The molecule has 1 aliphatic heterocycles. The van der Waals surface area contributed by atoms with Crippen LogP contribution in [0.1, 0.15) is 17.2 Å². The van der Waals surface area contributed by atoms with Gasteiger partial charge in [0, 0.05) is 12.7 Å². The van der Waals surface area contributed by atoms with E-state index in [9.17, 15) is 0 Å². The number of rotatable bonds is 2. The highest BCUT2D eigenvalue weighted by Crippen LogP contribution is 2.34. The summed E-state index contributed by atoms with van der Waals surface area (Å²) in [5, 5.41) is 12.2. The maximum absolute atomic E-state index is 4.18. The van der Waals surface area contributed by atoms with E-state index < -0.39 is 0 Å². The predicted octanol–water partition coefficient (Wildman–Crippen LogP) is 2.75. The third-order valence-corrected chi connectivity index (χ3v) is 3.93. The van der Waals surface area contributed by atoms with Gasteiger partial charge in [-0.1, -0.05) is 65.8 Å². The largest absolute Gasteiger partial charge is 0.312 e. The molecule has 0 aliphatic carbocycles. The van der Waals surface area contributed by atoms with Gasteiger partial charge in [-0.05, 0) is 27.6 Å². The van der Waals surface area contributed by atoms with E-state index in [-0.39, 0.29) is 6.04 Å². The number of aromatic nitrogens is 4. The quantitative estimate of drug-likeness (QED) is 0.728. The highest BCUT2D eigenvalue weighted by Gasteiger charge is 2.28. The molecular formula is C17H15N5. The molecule has 0 saturated carbocycles. The molecule has 108 valence electrons. The van der Waals surface area contributed by atoms with Crippen molar-refractivity contribution in [2.75, 3.05) is 11.9 Å². The maximum atomic E-state index is 4.18. The smallest absolute Gasteiger partial charge is 0.250 e. The Bertz CT molecular complexity index is 807. The average Bonchev–Trinajstić information content (AvgIpc) is 3.07. The molecule has 4 rings (SSSR count). The molecule has 0 N–H and O–H groups in total. The van der Waals surface area contributed by atoms with Crippen molar-refractivity contribution in [3.05, 3.63) is 77.9 Å². The van der Waals surface area contributed by atoms with Gasteiger partial charge in [-0.15, -0.1) is 0 Å². The summed E-state index contributed by atoms with van der Waals surface area (Å²) in [7, 11) is 1.99. The molecular weight excluding hydrogens is 274 g/mol. The van der Waals surface area contributed by atoms with E-state index in [1.54, 1.807) is 0 Å². The third kappa shape index (κ3) is 1.98. The van der Waals surface area contributed by atoms with Crippen LogP contribution in [-0.2, 0) is 0 Å². The fourth-order valence-electron chi connectivity index (χ4n) is 2.82. The monoisotopic (exact) mass is 289 g/mol. The van der Waals surface area contributed by atoms with Crippen molar-refractivity contribution in [1.82, 2.24) is 20.2 Å². The van der Waals surface area contributed by atoms with Crippen LogP contribution in [0, 0.1) is 0 Å². The molecule has 0 amide bonds. The van der Waals surface area contributed by atoms with Crippen molar-refractivity contribution < 1.29 is 0 Å². The Kier molecular flexibility index (Phi) is 2.96. The van der Waals surface area contributed by atoms with Crippen LogP contribution in [0.3, 0.4) is 0 Å². The highest BCUT2D eigenvalue weighted by molar-refractivity contribution is 5.78. The van der Waals surface area contributed by atoms with Crippen LogP contribution < -0.4 is 4.90 Å². The van der Waals surface area contributed by atoms with E-state index in [0.717, 1.165) is 22.8 Å². The summed E-state index contributed by atoms with van der Waals surface area (Å²) in [4.78, 5) is 2.02. The lowest BCUT2D eigenvalue weighted by Gasteiger charge is -2.30. The Morgan fingerprint density at radius 1 is 0.909 bits per heavy atom. The number of fused-ring (bicyclic) bond motifs is 1. The molecule has 1 aromatic heterocycles. The molecule has 5 heteroatoms. The minimum Gasteiger partial charge on any atom is -0.312 e. The summed E-state index contributed by atoms with van der Waals surface area (Å²) in [6.07, 6.45) is 2.20. The molecule has 1 aliphatic rings. The number of benzene rings is 2. The lowest BCUT2D eigenvalue weighted by atomic mass is 10.0. The normalized spacial score (nSPS) is 17.0. The summed E-state index contributed by atoms with van der Waals surface area (Å²) < 4.78 is 1.85. The molecule has 0 saturated heterocycles. The standard InChI is InChI=1S/C17H15N5/c1-21-15(13-8-4-2-5-9-13)12-16(14-10-6-3-7-11-14)22-17(21)18-19-20-22/h2-12,16H,1H3/t16-/m1/s1. The van der Waals surface area contributed by atoms with Crippen LogP contribution in [0.4, 0.5) is 5.95 Å². The van der Waals surface area contributed by atoms with Crippen LogP contribution in [0.2, 0.25) is 0 Å². The van der Waals surface area contributed by atoms with E-state index in [4.69, 9.17) is 0 Å². The van der Waals surface area contributed by atoms with Crippen molar-refractivity contribution >= 4 is 11.6 Å². The molecule has 1 atom stereocenters. The molecule has 2 heterocycles. The Balaban J connectivity index is 1.88. The molecule has 3 aromatic rings. The fraction of sp³-hybridized carbons (Fsp3) is 0.118. The van der Waals surface area contributed by atoms with Gasteiger partial charge in [0.25, 0.3) is 5.95 Å². The van der Waals surface area contributed by atoms with Gasteiger partial charge in [0.05, 0.1) is 0 Å². The Hall–Kier alpha value is -2.95. The summed E-state index contributed by atoms with van der Waals surface area (Å²) in [6.45, 7) is 0. The molecule has 0 fully saturated rings. The molecule has 2 aromatic carbocycles. The second-order valence-electron chi connectivity index (χ2n) is 5.26. The van der Waals surface area contributed by atoms with E-state index >= 15 is 0 Å². The lowest BCUT2D eigenvalue weighted by molar-refractivity contribution is 0.576. The van der Waals surface area contributed by atoms with Crippen LogP contribution in [0.15, 0.2) is 66.7 Å². The topological polar surface area (TPSA) is 46.8 Å². The van der Waals surface area contributed by atoms with Gasteiger partial charge in [0.2, 0.25) is 0 Å². The zero-order valence-electron chi connectivity index (χ0n) is 12.2. The number of hydrogen-bond donors (Lipinski definition) is 0. The Morgan fingerprint density at radius 3 is 2.32 bits per heavy atom. The first-order valence-electron chi connectivity index (χ1n) is 7.18. The third-order valence-electron chi connectivity index (χ3n) is 3.93. The van der Waals surface area contributed by atoms with Crippen LogP contribution >= 0.6 is 0 Å². The Labute approximate surface area is 128 Å². The van der Waals surface area contributed by atoms with Gasteiger partial charge < -0.3 is 4.90 Å². The number of allylic oxidation sites excluding steroid dienone is 1. The van der Waals surface area contributed by atoms with Gasteiger partial charge >= 0.3 is 0 Å². The first-order valence-corrected chi connectivity index (χ1v) is 7.18. The number of tetrazole rings is 1. The Morgan fingerprint density at radius 2 is 1.59 bits per heavy atom. The first kappa shape index (κ1) is 12.8. The van der Waals surface area contributed by atoms with Gasteiger partial charge in [-0.3, -0.25) is 0 Å². The zero-order valence-corrected chi connectivity index (χ0v) is 12.2. The molecule has 0 radical (unpaired) electrons. The lowest BCUT2D eigenvalue weighted by Crippen LogP contribution is -2.28. The van der Waals surface area contributed by atoms with E-state index in [0.29, 0.717) is 0 Å². The average molecular weight is 289 g/mol. The second kappa shape index (κ2) is 5.11. The highest BCUT2D eigenvalue weighted by atomic mass is 15.6. The van der Waals surface area contributed by atoms with Gasteiger partial charge in [-0.2, -0.15) is 4.68 Å². The molecule has 5 nitrogen and oxygen atoms in total. The van der Waals surface area contributed by atoms with Crippen molar-refractivity contribution in [3.63, 3.8) is 0 Å². The number of hydrogen-bond acceptors (Lipinski definition) is 4. The molecule has 0 spiro atoms. The van der Waals surface area contributed by atoms with Crippen LogP contribution in [0.5, 0.6) is 0 Å². The first-order chi connectivity index (χ1) is 10.8. The van der Waals surface area contributed by atoms with Crippen molar-refractivity contribution in [2.24, 2.45) is 0 Å². The fourth-order valence-corrected chi connectivity index (χ4v) is 2.82. The van der Waals surface area contributed by atoms with E-state index in [2.05, 4.69) is 45.9 Å². The van der Waals surface area contributed by atoms with Crippen molar-refractivity contribution in [3.8, 4) is 0 Å². The van der Waals surface area contributed by atoms with Gasteiger partial charge in [0.1, 0.15) is 6.04 Å². The SMILES string of the molecule is CN1C(c2ccccc2)=C[C@H](c2ccccc2)n2nnnc21. The minimum absolute atomic E-state index is 0.00222. The zero-order chi connectivity index (χ0) is 14.9. The van der Waals surface area contributed by atoms with Crippen LogP contribution in [-0.4, -0.2) is 27.3 Å². The van der Waals surface area contributed by atoms with E-state index in [1.807, 2.05) is 53.0 Å². The van der Waals surface area contributed by atoms with Crippen LogP contribution in [0.25, 0.3) is 5.70 Å². The van der Waals surface area contributed by atoms with Gasteiger partial charge in [-0.25, -0.2) is 0 Å². The summed E-state index contributed by atoms with van der Waals surface area (Å²) in [5.74, 6) is 0.746. The predicted molar refractivity (Wildman–Crippen MR) is 85.2 cm³/mol. The van der Waals surface area contributed by atoms with Crippen molar-refractivity contribution in [2.45, 2.75) is 6.04 Å². The molecule has 0 bridgehead atoms.